The van der Waals surface area contributed by atoms with Crippen LogP contribution in [0.15, 0.2) is 71.6 Å². The molecule has 0 unspecified atom stereocenters. The van der Waals surface area contributed by atoms with Crippen LogP contribution in [0.5, 0.6) is 5.75 Å². The highest BCUT2D eigenvalue weighted by Crippen LogP contribution is 2.34. The maximum Gasteiger partial charge on any atom is 0.334 e. The Morgan fingerprint density at radius 3 is 2.28 bits per heavy atom. The summed E-state index contributed by atoms with van der Waals surface area (Å²) in [5.41, 5.74) is 3.12. The van der Waals surface area contributed by atoms with E-state index in [4.69, 9.17) is 9.84 Å². The molecule has 1 fully saturated rings. The first-order valence-electron chi connectivity index (χ1n) is 15.9. The average Bonchev–Trinajstić information content (AvgIpc) is 3.06. The molecule has 3 amide bonds. The lowest BCUT2D eigenvalue weighted by Crippen LogP contribution is -2.36. The van der Waals surface area contributed by atoms with Gasteiger partial charge in [-0.2, -0.15) is 0 Å². The molecule has 1 aliphatic rings. The number of aliphatic hydroxyl groups is 1. The lowest BCUT2D eigenvalue weighted by Gasteiger charge is -2.26. The Kier molecular flexibility index (Phi) is 12.4. The van der Waals surface area contributed by atoms with Crippen LogP contribution in [0.3, 0.4) is 0 Å². The molecule has 11 nitrogen and oxygen atoms in total. The number of nitrogens with one attached hydrogen (secondary N) is 2. The Labute approximate surface area is 275 Å². The lowest BCUT2D eigenvalue weighted by molar-refractivity contribution is -0.146. The SMILES string of the molecule is CCCCOc1ccc(NC(=O)N(Cc2ccc(C(=O)NC[C@@H](O)C(=O)O)cc2)c2ccc(C3CCCCC3)cc2)cc1S(C)(=O)=O. The second-order valence-corrected chi connectivity index (χ2v) is 13.8. The maximum atomic E-state index is 13.8. The number of urea groups is 1. The molecule has 4 N–H and O–H groups in total. The van der Waals surface area contributed by atoms with Crippen LogP contribution in [0.1, 0.15) is 79.3 Å². The van der Waals surface area contributed by atoms with Crippen molar-refractivity contribution in [3.8, 4) is 5.75 Å². The molecule has 0 aliphatic heterocycles. The van der Waals surface area contributed by atoms with Crippen molar-refractivity contribution in [2.45, 2.75) is 75.3 Å². The topological polar surface area (TPSA) is 162 Å². The molecule has 12 heteroatoms. The van der Waals surface area contributed by atoms with Crippen LogP contribution < -0.4 is 20.3 Å². The van der Waals surface area contributed by atoms with E-state index >= 15 is 0 Å². The van der Waals surface area contributed by atoms with E-state index in [9.17, 15) is 27.9 Å². The number of sulfone groups is 1. The van der Waals surface area contributed by atoms with Crippen molar-refractivity contribution < 1.29 is 37.8 Å². The van der Waals surface area contributed by atoms with E-state index in [0.717, 1.165) is 31.9 Å². The number of unbranched alkanes of at least 4 members (excludes halogenated alkanes) is 1. The molecule has 0 spiro atoms. The van der Waals surface area contributed by atoms with Gasteiger partial charge in [0.2, 0.25) is 0 Å². The standard InChI is InChI=1S/C35H43N3O8S/c1-3-4-20-46-31-19-16-28(21-32(31)47(2,44)45)37-35(43)38(29-17-14-26(15-18-29)25-8-6-5-7-9-25)23-24-10-12-27(13-11-24)33(40)36-22-30(39)34(41)42/h10-19,21,25,30,39H,3-9,20,22-23H2,1-2H3,(H,36,40)(H,37,43)(H,41,42)/t30-/m1/s1. The van der Waals surface area contributed by atoms with Crippen LogP contribution in [0, 0.1) is 0 Å². The van der Waals surface area contributed by atoms with E-state index in [1.165, 1.54) is 35.8 Å². The van der Waals surface area contributed by atoms with E-state index in [0.29, 0.717) is 23.8 Å². The van der Waals surface area contributed by atoms with Gasteiger partial charge in [0.05, 0.1) is 19.7 Å². The second-order valence-electron chi connectivity index (χ2n) is 11.8. The summed E-state index contributed by atoms with van der Waals surface area (Å²) in [4.78, 5) is 38.7. The monoisotopic (exact) mass is 665 g/mol. The van der Waals surface area contributed by atoms with Gasteiger partial charge in [-0.05, 0) is 78.8 Å². The van der Waals surface area contributed by atoms with Gasteiger partial charge in [-0.3, -0.25) is 9.69 Å². The number of anilines is 2. The van der Waals surface area contributed by atoms with Gasteiger partial charge in [0.25, 0.3) is 5.91 Å². The molecule has 1 aliphatic carbocycles. The molecular weight excluding hydrogens is 622 g/mol. The van der Waals surface area contributed by atoms with Crippen LogP contribution in [0.4, 0.5) is 16.2 Å². The van der Waals surface area contributed by atoms with Crippen molar-refractivity contribution >= 4 is 39.1 Å². The van der Waals surface area contributed by atoms with Crippen LogP contribution in [-0.2, 0) is 21.2 Å². The van der Waals surface area contributed by atoms with E-state index in [-0.39, 0.29) is 28.4 Å². The van der Waals surface area contributed by atoms with Crippen molar-refractivity contribution in [2.75, 3.05) is 29.6 Å². The van der Waals surface area contributed by atoms with Crippen LogP contribution in [0.2, 0.25) is 0 Å². The number of aliphatic hydroxyl groups excluding tert-OH is 1. The minimum atomic E-state index is -3.66. The smallest absolute Gasteiger partial charge is 0.334 e. The summed E-state index contributed by atoms with van der Waals surface area (Å²) in [6.45, 7) is 2.08. The van der Waals surface area contributed by atoms with Gasteiger partial charge in [0.1, 0.15) is 10.6 Å². The predicted molar refractivity (Wildman–Crippen MR) is 180 cm³/mol. The number of nitrogens with zero attached hydrogens (tertiary/aromatic N) is 1. The number of amides is 3. The zero-order chi connectivity index (χ0) is 34.0. The first-order chi connectivity index (χ1) is 22.5. The number of hydrogen-bond donors (Lipinski definition) is 4. The number of carbonyl (C=O) groups is 3. The number of aliphatic carboxylic acids is 1. The molecule has 3 aromatic rings. The highest BCUT2D eigenvalue weighted by molar-refractivity contribution is 7.90. The molecule has 0 heterocycles. The van der Waals surface area contributed by atoms with Gasteiger partial charge in [0.15, 0.2) is 15.9 Å². The van der Waals surface area contributed by atoms with Gasteiger partial charge in [-0.15, -0.1) is 0 Å². The van der Waals surface area contributed by atoms with E-state index in [1.54, 1.807) is 36.4 Å². The number of benzene rings is 3. The normalized spacial score (nSPS) is 14.2. The van der Waals surface area contributed by atoms with E-state index in [2.05, 4.69) is 22.8 Å². The van der Waals surface area contributed by atoms with Crippen molar-refractivity contribution in [1.82, 2.24) is 5.32 Å². The summed E-state index contributed by atoms with van der Waals surface area (Å²) in [5, 5.41) is 23.5. The minimum Gasteiger partial charge on any atom is -0.492 e. The Hall–Kier alpha value is -4.42. The molecule has 1 saturated carbocycles. The molecule has 1 atom stereocenters. The Balaban J connectivity index is 1.57. The predicted octanol–water partition coefficient (Wildman–Crippen LogP) is 5.73. The maximum absolute atomic E-state index is 13.8. The zero-order valence-electron chi connectivity index (χ0n) is 26.8. The molecular formula is C35H43N3O8S. The Morgan fingerprint density at radius 2 is 1.66 bits per heavy atom. The fourth-order valence-corrected chi connectivity index (χ4v) is 6.31. The largest absolute Gasteiger partial charge is 0.492 e. The second kappa shape index (κ2) is 16.4. The third-order valence-corrected chi connectivity index (χ3v) is 9.29. The molecule has 47 heavy (non-hydrogen) atoms. The number of carboxylic acid groups (broad SMARTS) is 1. The lowest BCUT2D eigenvalue weighted by atomic mass is 9.84. The van der Waals surface area contributed by atoms with Gasteiger partial charge in [0, 0.05) is 23.2 Å². The number of carboxylic acids is 1. The fraction of sp³-hybridized carbons (Fsp3) is 0.400. The molecule has 0 bridgehead atoms. The zero-order valence-corrected chi connectivity index (χ0v) is 27.6. The van der Waals surface area contributed by atoms with Gasteiger partial charge >= 0.3 is 12.0 Å². The Morgan fingerprint density at radius 1 is 0.979 bits per heavy atom. The summed E-state index contributed by atoms with van der Waals surface area (Å²) in [7, 11) is -3.66. The first-order valence-corrected chi connectivity index (χ1v) is 17.8. The van der Waals surface area contributed by atoms with Gasteiger partial charge in [-0.25, -0.2) is 18.0 Å². The third kappa shape index (κ3) is 10.0. The number of ether oxygens (including phenoxy) is 1. The summed E-state index contributed by atoms with van der Waals surface area (Å²) in [6.07, 6.45) is 6.98. The average molecular weight is 666 g/mol. The van der Waals surface area contributed by atoms with Crippen LogP contribution in [-0.4, -0.2) is 62.0 Å². The van der Waals surface area contributed by atoms with E-state index < -0.39 is 40.4 Å². The van der Waals surface area contributed by atoms with Crippen molar-refractivity contribution in [3.63, 3.8) is 0 Å². The number of hydrogen-bond acceptors (Lipinski definition) is 7. The van der Waals surface area contributed by atoms with Gasteiger partial charge in [-0.1, -0.05) is 56.9 Å². The minimum absolute atomic E-state index is 0.0143. The first kappa shape index (κ1) is 35.4. The highest BCUT2D eigenvalue weighted by atomic mass is 32.2. The summed E-state index contributed by atoms with van der Waals surface area (Å²) >= 11 is 0. The molecule has 0 radical (unpaired) electrons. The van der Waals surface area contributed by atoms with Gasteiger partial charge < -0.3 is 25.6 Å². The highest BCUT2D eigenvalue weighted by Gasteiger charge is 2.22. The molecule has 3 aromatic carbocycles. The molecule has 0 aromatic heterocycles. The Bertz CT molecular complexity index is 1640. The molecule has 4 rings (SSSR count). The fourth-order valence-electron chi connectivity index (χ4n) is 5.48. The number of rotatable bonds is 14. The van der Waals surface area contributed by atoms with E-state index in [1.807, 2.05) is 19.1 Å². The van der Waals surface area contributed by atoms with Crippen molar-refractivity contribution in [2.24, 2.45) is 0 Å². The van der Waals surface area contributed by atoms with Crippen molar-refractivity contribution in [1.29, 1.82) is 0 Å². The summed E-state index contributed by atoms with van der Waals surface area (Å²) in [5.74, 6) is -1.26. The number of carbonyl (C=O) groups excluding carboxylic acids is 2. The molecule has 0 saturated heterocycles. The van der Waals surface area contributed by atoms with Crippen LogP contribution in [0.25, 0.3) is 0 Å². The summed E-state index contributed by atoms with van der Waals surface area (Å²) < 4.78 is 30.9. The third-order valence-electron chi connectivity index (χ3n) is 8.17. The quantitative estimate of drug-likeness (QED) is 0.159. The molecule has 252 valence electrons. The van der Waals surface area contributed by atoms with Crippen molar-refractivity contribution in [3.05, 3.63) is 83.4 Å². The van der Waals surface area contributed by atoms with Crippen LogP contribution >= 0.6 is 0 Å². The summed E-state index contributed by atoms with van der Waals surface area (Å²) in [6, 6.07) is 18.4.